The summed E-state index contributed by atoms with van der Waals surface area (Å²) in [6, 6.07) is 8.04. The molecular formula is C17H18FN3O3. The number of carbonyl (C=O) groups is 1. The predicted molar refractivity (Wildman–Crippen MR) is 84.2 cm³/mol. The molecule has 0 aliphatic carbocycles. The Morgan fingerprint density at radius 2 is 2.04 bits per heavy atom. The van der Waals surface area contributed by atoms with E-state index in [1.165, 1.54) is 12.1 Å². The van der Waals surface area contributed by atoms with Crippen molar-refractivity contribution in [3.63, 3.8) is 0 Å². The Labute approximate surface area is 139 Å². The van der Waals surface area contributed by atoms with Crippen LogP contribution in [0.5, 0.6) is 11.8 Å². The average molecular weight is 331 g/mol. The summed E-state index contributed by atoms with van der Waals surface area (Å²) in [5.41, 5.74) is 0. The van der Waals surface area contributed by atoms with Gasteiger partial charge >= 0.3 is 6.01 Å². The highest BCUT2D eigenvalue weighted by atomic mass is 19.1. The number of aromatic nitrogens is 2. The predicted octanol–water partition coefficient (Wildman–Crippen LogP) is 2.06. The van der Waals surface area contributed by atoms with Crippen molar-refractivity contribution in [3.05, 3.63) is 48.5 Å². The van der Waals surface area contributed by atoms with Gasteiger partial charge in [0.2, 0.25) is 0 Å². The average Bonchev–Trinajstić information content (AvgIpc) is 2.62. The van der Waals surface area contributed by atoms with E-state index in [0.717, 1.165) is 12.8 Å². The van der Waals surface area contributed by atoms with Crippen molar-refractivity contribution in [1.82, 2.24) is 14.9 Å². The van der Waals surface area contributed by atoms with Crippen LogP contribution in [0, 0.1) is 5.82 Å². The largest absolute Gasteiger partial charge is 0.481 e. The Balaban J connectivity index is 1.52. The fourth-order valence-corrected chi connectivity index (χ4v) is 2.55. The molecule has 2 aromatic rings. The van der Waals surface area contributed by atoms with Crippen LogP contribution in [0.3, 0.4) is 0 Å². The second kappa shape index (κ2) is 7.72. The Bertz CT molecular complexity index is 684. The summed E-state index contributed by atoms with van der Waals surface area (Å²) in [7, 11) is 0. The molecule has 6 nitrogen and oxygen atoms in total. The number of carbonyl (C=O) groups excluding carboxylic acids is 1. The molecule has 1 aromatic heterocycles. The zero-order valence-corrected chi connectivity index (χ0v) is 13.1. The number of para-hydroxylation sites is 1. The molecule has 1 atom stereocenters. The maximum Gasteiger partial charge on any atom is 0.316 e. The fourth-order valence-electron chi connectivity index (χ4n) is 2.55. The summed E-state index contributed by atoms with van der Waals surface area (Å²) in [5, 5.41) is 0. The molecule has 1 aromatic carbocycles. The van der Waals surface area contributed by atoms with Gasteiger partial charge in [-0.05, 0) is 31.0 Å². The smallest absolute Gasteiger partial charge is 0.316 e. The van der Waals surface area contributed by atoms with Gasteiger partial charge in [0.1, 0.15) is 6.10 Å². The SMILES string of the molecule is O=C(COc1ccccc1F)N1CCCC(Oc2ncccn2)C1. The number of hydrogen-bond acceptors (Lipinski definition) is 5. The van der Waals surface area contributed by atoms with Crippen LogP contribution in [-0.2, 0) is 4.79 Å². The third-order valence-electron chi connectivity index (χ3n) is 3.73. The normalized spacial score (nSPS) is 17.4. The number of piperidine rings is 1. The number of amides is 1. The third-order valence-corrected chi connectivity index (χ3v) is 3.73. The van der Waals surface area contributed by atoms with E-state index in [0.29, 0.717) is 19.1 Å². The third kappa shape index (κ3) is 4.18. The second-order valence-electron chi connectivity index (χ2n) is 5.47. The zero-order valence-electron chi connectivity index (χ0n) is 13.1. The highest BCUT2D eigenvalue weighted by Crippen LogP contribution is 2.17. The lowest BCUT2D eigenvalue weighted by molar-refractivity contribution is -0.136. The molecule has 3 rings (SSSR count). The summed E-state index contributed by atoms with van der Waals surface area (Å²) in [6.45, 7) is 0.877. The molecule has 0 radical (unpaired) electrons. The first-order valence-electron chi connectivity index (χ1n) is 7.81. The van der Waals surface area contributed by atoms with Crippen LogP contribution in [0.2, 0.25) is 0 Å². The quantitative estimate of drug-likeness (QED) is 0.839. The van der Waals surface area contributed by atoms with Gasteiger partial charge in [0.25, 0.3) is 5.91 Å². The van der Waals surface area contributed by atoms with Crippen LogP contribution in [0.1, 0.15) is 12.8 Å². The molecular weight excluding hydrogens is 313 g/mol. The lowest BCUT2D eigenvalue weighted by Crippen LogP contribution is -2.46. The van der Waals surface area contributed by atoms with Crippen LogP contribution in [0.4, 0.5) is 4.39 Å². The Morgan fingerprint density at radius 3 is 2.83 bits per heavy atom. The highest BCUT2D eigenvalue weighted by Gasteiger charge is 2.25. The van der Waals surface area contributed by atoms with E-state index >= 15 is 0 Å². The molecule has 0 spiro atoms. The first-order valence-corrected chi connectivity index (χ1v) is 7.81. The number of benzene rings is 1. The van der Waals surface area contributed by atoms with Crippen LogP contribution < -0.4 is 9.47 Å². The molecule has 1 aliphatic rings. The topological polar surface area (TPSA) is 64.5 Å². The van der Waals surface area contributed by atoms with E-state index in [1.807, 2.05) is 0 Å². The first kappa shape index (κ1) is 16.2. The molecule has 0 N–H and O–H groups in total. The number of ether oxygens (including phenoxy) is 2. The maximum absolute atomic E-state index is 13.5. The van der Waals surface area contributed by atoms with Crippen LogP contribution in [0.15, 0.2) is 42.7 Å². The minimum absolute atomic E-state index is 0.0772. The van der Waals surface area contributed by atoms with Gasteiger partial charge in [-0.1, -0.05) is 12.1 Å². The number of nitrogens with zero attached hydrogens (tertiary/aromatic N) is 3. The van der Waals surface area contributed by atoms with E-state index in [4.69, 9.17) is 9.47 Å². The lowest BCUT2D eigenvalue weighted by Gasteiger charge is -2.32. The minimum atomic E-state index is -0.480. The van der Waals surface area contributed by atoms with Crippen LogP contribution in [0.25, 0.3) is 0 Å². The van der Waals surface area contributed by atoms with Crippen molar-refractivity contribution in [2.24, 2.45) is 0 Å². The number of likely N-dealkylation sites (tertiary alicyclic amines) is 1. The number of hydrogen-bond donors (Lipinski definition) is 0. The standard InChI is InChI=1S/C17H18FN3O3/c18-14-6-1-2-7-15(14)23-12-16(22)21-10-3-5-13(11-21)24-17-19-8-4-9-20-17/h1-2,4,6-9,13H,3,5,10-12H2. The van der Waals surface area contributed by atoms with E-state index in [2.05, 4.69) is 9.97 Å². The Kier molecular flexibility index (Phi) is 5.20. The Morgan fingerprint density at radius 1 is 1.25 bits per heavy atom. The van der Waals surface area contributed by atoms with Crippen molar-refractivity contribution in [3.8, 4) is 11.8 Å². The summed E-state index contributed by atoms with van der Waals surface area (Å²) < 4.78 is 24.5. The maximum atomic E-state index is 13.5. The van der Waals surface area contributed by atoms with Crippen molar-refractivity contribution < 1.29 is 18.7 Å². The summed E-state index contributed by atoms with van der Waals surface area (Å²) >= 11 is 0. The molecule has 0 saturated carbocycles. The fraction of sp³-hybridized carbons (Fsp3) is 0.353. The second-order valence-corrected chi connectivity index (χ2v) is 5.47. The zero-order chi connectivity index (χ0) is 16.8. The molecule has 1 amide bonds. The number of rotatable bonds is 5. The molecule has 126 valence electrons. The van der Waals surface area contributed by atoms with Crippen molar-refractivity contribution >= 4 is 5.91 Å². The van der Waals surface area contributed by atoms with Gasteiger partial charge in [0.15, 0.2) is 18.2 Å². The van der Waals surface area contributed by atoms with E-state index in [-0.39, 0.29) is 24.4 Å². The van der Waals surface area contributed by atoms with Crippen molar-refractivity contribution in [1.29, 1.82) is 0 Å². The molecule has 7 heteroatoms. The van der Waals surface area contributed by atoms with E-state index in [1.54, 1.807) is 35.5 Å². The number of halogens is 1. The molecule has 1 aliphatic heterocycles. The van der Waals surface area contributed by atoms with Gasteiger partial charge in [0.05, 0.1) is 6.54 Å². The molecule has 0 bridgehead atoms. The summed E-state index contributed by atoms with van der Waals surface area (Å²) in [4.78, 5) is 22.0. The molecule has 24 heavy (non-hydrogen) atoms. The molecule has 1 unspecified atom stereocenters. The van der Waals surface area contributed by atoms with E-state index in [9.17, 15) is 9.18 Å². The van der Waals surface area contributed by atoms with Gasteiger partial charge < -0.3 is 14.4 Å². The minimum Gasteiger partial charge on any atom is -0.481 e. The van der Waals surface area contributed by atoms with Gasteiger partial charge in [-0.2, -0.15) is 0 Å². The van der Waals surface area contributed by atoms with Crippen molar-refractivity contribution in [2.45, 2.75) is 18.9 Å². The molecule has 1 fully saturated rings. The van der Waals surface area contributed by atoms with Gasteiger partial charge in [-0.25, -0.2) is 14.4 Å². The summed E-state index contributed by atoms with van der Waals surface area (Å²) in [6.07, 6.45) is 4.71. The van der Waals surface area contributed by atoms with Crippen molar-refractivity contribution in [2.75, 3.05) is 19.7 Å². The van der Waals surface area contributed by atoms with E-state index < -0.39 is 5.82 Å². The van der Waals surface area contributed by atoms with Gasteiger partial charge in [-0.3, -0.25) is 4.79 Å². The van der Waals surface area contributed by atoms with Gasteiger partial charge in [0, 0.05) is 18.9 Å². The Hall–Kier alpha value is -2.70. The lowest BCUT2D eigenvalue weighted by atomic mass is 10.1. The van der Waals surface area contributed by atoms with Crippen LogP contribution in [-0.4, -0.2) is 46.6 Å². The highest BCUT2D eigenvalue weighted by molar-refractivity contribution is 5.77. The molecule has 2 heterocycles. The summed E-state index contributed by atoms with van der Waals surface area (Å²) in [5.74, 6) is -0.597. The monoisotopic (exact) mass is 331 g/mol. The van der Waals surface area contributed by atoms with Gasteiger partial charge in [-0.15, -0.1) is 0 Å². The molecule has 1 saturated heterocycles. The first-order chi connectivity index (χ1) is 11.7. The van der Waals surface area contributed by atoms with Crippen LogP contribution >= 0.6 is 0 Å².